The van der Waals surface area contributed by atoms with Gasteiger partial charge in [0.2, 0.25) is 15.9 Å². The largest absolute Gasteiger partial charge is 0.328 e. The summed E-state index contributed by atoms with van der Waals surface area (Å²) in [6, 6.07) is 6.59. The fourth-order valence-corrected chi connectivity index (χ4v) is 4.88. The van der Waals surface area contributed by atoms with Crippen LogP contribution in [0.1, 0.15) is 19.3 Å². The van der Waals surface area contributed by atoms with Crippen LogP contribution in [0.2, 0.25) is 0 Å². The molecule has 2 atom stereocenters. The number of anilines is 1. The summed E-state index contributed by atoms with van der Waals surface area (Å²) in [7, 11) is -1.56. The van der Waals surface area contributed by atoms with E-state index in [2.05, 4.69) is 10.2 Å². The molecule has 0 bridgehead atoms. The van der Waals surface area contributed by atoms with Gasteiger partial charge in [-0.1, -0.05) is 6.07 Å². The molecule has 3 rings (SSSR count). The Morgan fingerprint density at radius 2 is 1.81 bits per heavy atom. The van der Waals surface area contributed by atoms with Gasteiger partial charge in [0, 0.05) is 43.8 Å². The maximum absolute atomic E-state index is 12.8. The molecule has 1 aromatic rings. The van der Waals surface area contributed by atoms with E-state index in [-0.39, 0.29) is 47.6 Å². The lowest BCUT2D eigenvalue weighted by molar-refractivity contribution is -0.119. The first kappa shape index (κ1) is 24.1. The number of rotatable bonds is 4. The first-order valence-corrected chi connectivity index (χ1v) is 10.2. The summed E-state index contributed by atoms with van der Waals surface area (Å²) >= 11 is 0. The van der Waals surface area contributed by atoms with Gasteiger partial charge in [0.25, 0.3) is 0 Å². The normalized spacial score (nSPS) is 23.9. The van der Waals surface area contributed by atoms with Gasteiger partial charge in [-0.3, -0.25) is 4.79 Å². The first-order valence-electron chi connectivity index (χ1n) is 8.71. The van der Waals surface area contributed by atoms with Gasteiger partial charge >= 0.3 is 0 Å². The van der Waals surface area contributed by atoms with Gasteiger partial charge in [-0.25, -0.2) is 8.42 Å². The second-order valence-corrected chi connectivity index (χ2v) is 8.93. The van der Waals surface area contributed by atoms with Gasteiger partial charge in [0.05, 0.1) is 4.90 Å². The first-order chi connectivity index (χ1) is 11.9. The predicted molar refractivity (Wildman–Crippen MR) is 111 cm³/mol. The zero-order valence-corrected chi connectivity index (χ0v) is 17.8. The third-order valence-electron chi connectivity index (χ3n) is 5.05. The molecule has 1 amide bonds. The standard InChI is InChI=1S/C17H26N4O3S.2ClH/c1-20-7-9-21(10-8-20)25(23,24)16-4-2-3-15(12-16)19-17(22)13-5-6-14(18)11-13;;/h2-4,12-14H,5-11,18H2,1H3,(H,19,22);2*1H. The van der Waals surface area contributed by atoms with Crippen LogP contribution >= 0.6 is 24.8 Å². The molecule has 0 aromatic heterocycles. The van der Waals surface area contributed by atoms with E-state index in [0.717, 1.165) is 25.9 Å². The molecule has 2 fully saturated rings. The van der Waals surface area contributed by atoms with Crippen LogP contribution in [0.25, 0.3) is 0 Å². The monoisotopic (exact) mass is 438 g/mol. The van der Waals surface area contributed by atoms with Crippen molar-refractivity contribution in [2.75, 3.05) is 38.5 Å². The molecule has 2 unspecified atom stereocenters. The van der Waals surface area contributed by atoms with Crippen molar-refractivity contribution in [3.05, 3.63) is 24.3 Å². The van der Waals surface area contributed by atoms with Crippen molar-refractivity contribution in [3.8, 4) is 0 Å². The number of likely N-dealkylation sites (N-methyl/N-ethyl adjacent to an activating group) is 1. The minimum absolute atomic E-state index is 0. The molecule has 1 saturated carbocycles. The number of carbonyl (C=O) groups excluding carboxylic acids is 1. The summed E-state index contributed by atoms with van der Waals surface area (Å²) in [4.78, 5) is 14.7. The summed E-state index contributed by atoms with van der Waals surface area (Å²) in [5, 5.41) is 2.84. The number of nitrogens with one attached hydrogen (secondary N) is 1. The molecule has 3 N–H and O–H groups in total. The van der Waals surface area contributed by atoms with Crippen LogP contribution in [0.4, 0.5) is 5.69 Å². The smallest absolute Gasteiger partial charge is 0.243 e. The maximum Gasteiger partial charge on any atom is 0.243 e. The zero-order chi connectivity index (χ0) is 18.0. The van der Waals surface area contributed by atoms with Crippen molar-refractivity contribution in [2.45, 2.75) is 30.2 Å². The third-order valence-corrected chi connectivity index (χ3v) is 6.94. The molecule has 1 heterocycles. The number of halogens is 2. The van der Waals surface area contributed by atoms with Gasteiger partial charge in [0.1, 0.15) is 0 Å². The van der Waals surface area contributed by atoms with Crippen molar-refractivity contribution in [1.82, 2.24) is 9.21 Å². The Hall–Kier alpha value is -0.900. The lowest BCUT2D eigenvalue weighted by atomic mass is 10.1. The maximum atomic E-state index is 12.8. The number of nitrogens with zero attached hydrogens (tertiary/aromatic N) is 2. The lowest BCUT2D eigenvalue weighted by Crippen LogP contribution is -2.47. The molecule has 1 saturated heterocycles. The highest BCUT2D eigenvalue weighted by atomic mass is 35.5. The molecular weight excluding hydrogens is 411 g/mol. The molecule has 0 radical (unpaired) electrons. The lowest BCUT2D eigenvalue weighted by Gasteiger charge is -2.31. The highest BCUT2D eigenvalue weighted by molar-refractivity contribution is 7.89. The van der Waals surface area contributed by atoms with E-state index in [1.807, 2.05) is 7.05 Å². The zero-order valence-electron chi connectivity index (χ0n) is 15.3. The quantitative estimate of drug-likeness (QED) is 0.742. The molecule has 2 aliphatic rings. The minimum Gasteiger partial charge on any atom is -0.328 e. The van der Waals surface area contributed by atoms with Crippen LogP contribution < -0.4 is 11.1 Å². The second kappa shape index (κ2) is 10.0. The van der Waals surface area contributed by atoms with Crippen LogP contribution in [0, 0.1) is 5.92 Å². The third kappa shape index (κ3) is 5.79. The van der Waals surface area contributed by atoms with Crippen molar-refractivity contribution in [3.63, 3.8) is 0 Å². The Kier molecular flexibility index (Phi) is 8.98. The van der Waals surface area contributed by atoms with Crippen LogP contribution in [-0.4, -0.2) is 62.8 Å². The summed E-state index contributed by atoms with van der Waals surface area (Å²) in [6.07, 6.45) is 2.33. The number of nitrogens with two attached hydrogens (primary N) is 1. The summed E-state index contributed by atoms with van der Waals surface area (Å²) < 4.78 is 27.1. The Balaban J connectivity index is 0.00000182. The SMILES string of the molecule is CN1CCN(S(=O)(=O)c2cccc(NC(=O)C3CCC(N)C3)c2)CC1.Cl.Cl. The Labute approximate surface area is 173 Å². The number of amides is 1. The molecule has 27 heavy (non-hydrogen) atoms. The van der Waals surface area contributed by atoms with Crippen molar-refractivity contribution >= 4 is 46.4 Å². The molecule has 7 nitrogen and oxygen atoms in total. The molecule has 10 heteroatoms. The number of hydrogen-bond donors (Lipinski definition) is 2. The van der Waals surface area contributed by atoms with Gasteiger partial charge < -0.3 is 16.0 Å². The molecular formula is C17H28Cl2N4O3S. The van der Waals surface area contributed by atoms with E-state index >= 15 is 0 Å². The number of benzene rings is 1. The summed E-state index contributed by atoms with van der Waals surface area (Å²) in [6.45, 7) is 2.40. The molecule has 1 aliphatic heterocycles. The predicted octanol–water partition coefficient (Wildman–Crippen LogP) is 1.53. The second-order valence-electron chi connectivity index (χ2n) is 6.99. The van der Waals surface area contributed by atoms with Crippen LogP contribution in [0.3, 0.4) is 0 Å². The molecule has 154 valence electrons. The minimum atomic E-state index is -3.54. The van der Waals surface area contributed by atoms with E-state index in [1.165, 1.54) is 4.31 Å². The van der Waals surface area contributed by atoms with E-state index in [0.29, 0.717) is 25.2 Å². The number of piperazine rings is 1. The van der Waals surface area contributed by atoms with Crippen LogP contribution in [-0.2, 0) is 14.8 Å². The Morgan fingerprint density at radius 1 is 1.15 bits per heavy atom. The Bertz CT molecular complexity index is 739. The van der Waals surface area contributed by atoms with Crippen molar-refractivity contribution in [2.24, 2.45) is 11.7 Å². The molecule has 1 aromatic carbocycles. The summed E-state index contributed by atoms with van der Waals surface area (Å²) in [5.74, 6) is -0.171. The van der Waals surface area contributed by atoms with Crippen molar-refractivity contribution in [1.29, 1.82) is 0 Å². The van der Waals surface area contributed by atoms with E-state index in [9.17, 15) is 13.2 Å². The van der Waals surface area contributed by atoms with Gasteiger partial charge in [-0.15, -0.1) is 24.8 Å². The fraction of sp³-hybridized carbons (Fsp3) is 0.588. The molecule has 1 aliphatic carbocycles. The van der Waals surface area contributed by atoms with E-state index in [1.54, 1.807) is 24.3 Å². The van der Waals surface area contributed by atoms with Crippen LogP contribution in [0.5, 0.6) is 0 Å². The van der Waals surface area contributed by atoms with E-state index < -0.39 is 10.0 Å². The molecule has 0 spiro atoms. The van der Waals surface area contributed by atoms with Gasteiger partial charge in [-0.2, -0.15) is 4.31 Å². The number of sulfonamides is 1. The Morgan fingerprint density at radius 3 is 2.41 bits per heavy atom. The fourth-order valence-electron chi connectivity index (χ4n) is 3.41. The van der Waals surface area contributed by atoms with Gasteiger partial charge in [0.15, 0.2) is 0 Å². The van der Waals surface area contributed by atoms with Crippen LogP contribution in [0.15, 0.2) is 29.2 Å². The summed E-state index contributed by atoms with van der Waals surface area (Å²) in [5.41, 5.74) is 6.38. The average molecular weight is 439 g/mol. The van der Waals surface area contributed by atoms with Crippen molar-refractivity contribution < 1.29 is 13.2 Å². The number of hydrogen-bond acceptors (Lipinski definition) is 5. The highest BCUT2D eigenvalue weighted by Gasteiger charge is 2.29. The topological polar surface area (TPSA) is 95.7 Å². The van der Waals surface area contributed by atoms with Gasteiger partial charge in [-0.05, 0) is 44.5 Å². The van der Waals surface area contributed by atoms with E-state index in [4.69, 9.17) is 5.73 Å². The number of carbonyl (C=O) groups is 1. The highest BCUT2D eigenvalue weighted by Crippen LogP contribution is 2.26. The average Bonchev–Trinajstić information content (AvgIpc) is 3.02.